The van der Waals surface area contributed by atoms with E-state index in [2.05, 4.69) is 4.98 Å². The molecule has 6 nitrogen and oxygen atoms in total. The molecule has 0 unspecified atom stereocenters. The van der Waals surface area contributed by atoms with E-state index in [9.17, 15) is 13.2 Å². The molecule has 0 atom stereocenters. The molecule has 1 rings (SSSR count). The Hall–Kier alpha value is -1.63. The average Bonchev–Trinajstić information content (AvgIpc) is 2.33. The fourth-order valence-corrected chi connectivity index (χ4v) is 2.15. The molecule has 0 aromatic carbocycles. The normalized spacial score (nSPS) is 11.3. The van der Waals surface area contributed by atoms with Crippen LogP contribution >= 0.6 is 0 Å². The molecule has 0 aliphatic heterocycles. The molecule has 1 amide bonds. The smallest absolute Gasteiger partial charge is 0.253 e. The van der Waals surface area contributed by atoms with Gasteiger partial charge in [0.2, 0.25) is 0 Å². The third kappa shape index (κ3) is 4.86. The van der Waals surface area contributed by atoms with E-state index in [0.29, 0.717) is 17.8 Å². The van der Waals surface area contributed by atoms with Crippen LogP contribution in [0.25, 0.3) is 0 Å². The van der Waals surface area contributed by atoms with Crippen molar-refractivity contribution in [1.82, 2.24) is 9.88 Å². The zero-order valence-corrected chi connectivity index (χ0v) is 12.2. The molecule has 0 aliphatic carbocycles. The van der Waals surface area contributed by atoms with E-state index in [4.69, 9.17) is 5.73 Å². The van der Waals surface area contributed by atoms with Crippen LogP contribution in [0.1, 0.15) is 23.0 Å². The highest BCUT2D eigenvalue weighted by Crippen LogP contribution is 2.10. The zero-order valence-electron chi connectivity index (χ0n) is 11.4. The van der Waals surface area contributed by atoms with Gasteiger partial charge in [-0.3, -0.25) is 4.79 Å². The minimum Gasteiger partial charge on any atom is -0.384 e. The first-order valence-corrected chi connectivity index (χ1v) is 7.98. The summed E-state index contributed by atoms with van der Waals surface area (Å²) >= 11 is 0. The number of pyridine rings is 1. The van der Waals surface area contributed by atoms with Gasteiger partial charge >= 0.3 is 0 Å². The molecular weight excluding hydrogens is 266 g/mol. The number of aryl methyl sites for hydroxylation is 1. The maximum Gasteiger partial charge on any atom is 0.253 e. The Labute approximate surface area is 113 Å². The van der Waals surface area contributed by atoms with Gasteiger partial charge < -0.3 is 10.6 Å². The fraction of sp³-hybridized carbons (Fsp3) is 0.500. The Bertz CT molecular complexity index is 570. The van der Waals surface area contributed by atoms with Crippen LogP contribution in [-0.2, 0) is 16.3 Å². The number of nitrogens with zero attached hydrogens (tertiary/aromatic N) is 2. The Morgan fingerprint density at radius 2 is 2.05 bits per heavy atom. The largest absolute Gasteiger partial charge is 0.384 e. The predicted octanol–water partition coefficient (Wildman–Crippen LogP) is 0.343. The molecule has 19 heavy (non-hydrogen) atoms. The predicted molar refractivity (Wildman–Crippen MR) is 74.7 cm³/mol. The fourth-order valence-electron chi connectivity index (χ4n) is 1.54. The van der Waals surface area contributed by atoms with Gasteiger partial charge in [0.25, 0.3) is 5.91 Å². The second-order valence-corrected chi connectivity index (χ2v) is 6.74. The van der Waals surface area contributed by atoms with Crippen LogP contribution < -0.4 is 5.73 Å². The maximum absolute atomic E-state index is 12.1. The van der Waals surface area contributed by atoms with Crippen molar-refractivity contribution in [2.75, 3.05) is 31.3 Å². The van der Waals surface area contributed by atoms with Gasteiger partial charge in [0.1, 0.15) is 15.7 Å². The second-order valence-electron chi connectivity index (χ2n) is 4.48. The van der Waals surface area contributed by atoms with Crippen LogP contribution in [0.5, 0.6) is 0 Å². The number of hydrogen-bond acceptors (Lipinski definition) is 5. The van der Waals surface area contributed by atoms with E-state index in [1.54, 1.807) is 13.1 Å². The van der Waals surface area contributed by atoms with Crippen molar-refractivity contribution in [1.29, 1.82) is 0 Å². The van der Waals surface area contributed by atoms with E-state index in [1.807, 2.05) is 6.92 Å². The van der Waals surface area contributed by atoms with Gasteiger partial charge in [-0.15, -0.1) is 0 Å². The van der Waals surface area contributed by atoms with Crippen LogP contribution in [0.2, 0.25) is 0 Å². The Morgan fingerprint density at radius 1 is 1.42 bits per heavy atom. The average molecular weight is 285 g/mol. The number of amides is 1. The Morgan fingerprint density at radius 3 is 2.58 bits per heavy atom. The van der Waals surface area contributed by atoms with Crippen molar-refractivity contribution in [3.05, 3.63) is 23.4 Å². The van der Waals surface area contributed by atoms with E-state index < -0.39 is 9.84 Å². The van der Waals surface area contributed by atoms with Gasteiger partial charge in [-0.2, -0.15) is 0 Å². The SMILES string of the molecule is CCc1cc(C(=O)N(C)CCS(C)(=O)=O)cc(N)n1. The highest BCUT2D eigenvalue weighted by atomic mass is 32.2. The number of carbonyl (C=O) groups is 1. The number of sulfone groups is 1. The van der Waals surface area contributed by atoms with E-state index in [1.165, 1.54) is 11.0 Å². The quantitative estimate of drug-likeness (QED) is 0.842. The summed E-state index contributed by atoms with van der Waals surface area (Å²) in [5.41, 5.74) is 6.81. The molecule has 1 heterocycles. The second kappa shape index (κ2) is 6.01. The molecule has 0 saturated heterocycles. The molecule has 7 heteroatoms. The molecule has 106 valence electrons. The number of nitrogen functional groups attached to an aromatic ring is 1. The number of nitrogens with two attached hydrogens (primary N) is 1. The first-order valence-electron chi connectivity index (χ1n) is 5.92. The lowest BCUT2D eigenvalue weighted by atomic mass is 10.1. The lowest BCUT2D eigenvalue weighted by Gasteiger charge is -2.17. The molecule has 0 fully saturated rings. The standard InChI is InChI=1S/C12H19N3O3S/c1-4-10-7-9(8-11(13)14-10)12(16)15(2)5-6-19(3,17)18/h7-8H,4-6H2,1-3H3,(H2,13,14). The van der Waals surface area contributed by atoms with Crippen LogP contribution in [0.4, 0.5) is 5.82 Å². The maximum atomic E-state index is 12.1. The van der Waals surface area contributed by atoms with Crippen LogP contribution in [0, 0.1) is 0 Å². The van der Waals surface area contributed by atoms with Gasteiger partial charge in [0.15, 0.2) is 0 Å². The van der Waals surface area contributed by atoms with Crippen molar-refractivity contribution in [3.63, 3.8) is 0 Å². The molecule has 0 radical (unpaired) electrons. The molecule has 0 aliphatic rings. The number of aromatic nitrogens is 1. The van der Waals surface area contributed by atoms with Gasteiger partial charge in [0, 0.05) is 31.1 Å². The molecule has 1 aromatic heterocycles. The first-order chi connectivity index (χ1) is 8.73. The Kier molecular flexibility index (Phi) is 4.88. The van der Waals surface area contributed by atoms with Crippen LogP contribution in [0.3, 0.4) is 0 Å². The molecule has 0 saturated carbocycles. The topological polar surface area (TPSA) is 93.4 Å². The number of carbonyl (C=O) groups excluding carboxylic acids is 1. The minimum atomic E-state index is -3.09. The van der Waals surface area contributed by atoms with Crippen molar-refractivity contribution >= 4 is 21.6 Å². The van der Waals surface area contributed by atoms with Crippen LogP contribution in [0.15, 0.2) is 12.1 Å². The van der Waals surface area contributed by atoms with Crippen molar-refractivity contribution < 1.29 is 13.2 Å². The lowest BCUT2D eigenvalue weighted by molar-refractivity contribution is 0.0803. The summed E-state index contributed by atoms with van der Waals surface area (Å²) in [7, 11) is -1.52. The summed E-state index contributed by atoms with van der Waals surface area (Å²) in [6.45, 7) is 2.07. The highest BCUT2D eigenvalue weighted by Gasteiger charge is 2.15. The molecule has 0 bridgehead atoms. The summed E-state index contributed by atoms with van der Waals surface area (Å²) in [6, 6.07) is 3.17. The third-order valence-electron chi connectivity index (χ3n) is 2.65. The van der Waals surface area contributed by atoms with Gasteiger partial charge in [-0.25, -0.2) is 13.4 Å². The molecule has 0 spiro atoms. The molecule has 2 N–H and O–H groups in total. The van der Waals surface area contributed by atoms with Gasteiger partial charge in [-0.1, -0.05) is 6.92 Å². The van der Waals surface area contributed by atoms with E-state index >= 15 is 0 Å². The monoisotopic (exact) mass is 285 g/mol. The van der Waals surface area contributed by atoms with Crippen molar-refractivity contribution in [2.24, 2.45) is 0 Å². The number of anilines is 1. The molecular formula is C12H19N3O3S. The lowest BCUT2D eigenvalue weighted by Crippen LogP contribution is -2.31. The van der Waals surface area contributed by atoms with Crippen LogP contribution in [-0.4, -0.2) is 49.8 Å². The zero-order chi connectivity index (χ0) is 14.6. The number of rotatable bonds is 5. The molecule has 1 aromatic rings. The van der Waals surface area contributed by atoms with Gasteiger partial charge in [-0.05, 0) is 18.6 Å². The summed E-state index contributed by atoms with van der Waals surface area (Å²) in [6.07, 6.45) is 1.82. The Balaban J connectivity index is 2.85. The highest BCUT2D eigenvalue weighted by molar-refractivity contribution is 7.90. The van der Waals surface area contributed by atoms with Crippen molar-refractivity contribution in [2.45, 2.75) is 13.3 Å². The van der Waals surface area contributed by atoms with Gasteiger partial charge in [0.05, 0.1) is 5.75 Å². The van der Waals surface area contributed by atoms with E-state index in [0.717, 1.165) is 11.9 Å². The number of hydrogen-bond donors (Lipinski definition) is 1. The summed E-state index contributed by atoms with van der Waals surface area (Å²) in [5.74, 6) is -0.0251. The summed E-state index contributed by atoms with van der Waals surface area (Å²) in [5, 5.41) is 0. The first kappa shape index (κ1) is 15.4. The summed E-state index contributed by atoms with van der Waals surface area (Å²) < 4.78 is 22.2. The minimum absolute atomic E-state index is 0.0591. The van der Waals surface area contributed by atoms with E-state index in [-0.39, 0.29) is 18.2 Å². The van der Waals surface area contributed by atoms with Crippen molar-refractivity contribution in [3.8, 4) is 0 Å². The summed E-state index contributed by atoms with van der Waals surface area (Å²) in [4.78, 5) is 17.6. The third-order valence-corrected chi connectivity index (χ3v) is 3.58.